The Kier molecular flexibility index (Phi) is 2.84. The van der Waals surface area contributed by atoms with Gasteiger partial charge in [-0.05, 0) is 45.0 Å². The molecule has 2 rings (SSSR count). The zero-order valence-electron chi connectivity index (χ0n) is 10.2. The number of aromatic nitrogens is 1. The fraction of sp³-hybridized carbons (Fsp3) is 0.286. The van der Waals surface area contributed by atoms with Gasteiger partial charge in [-0.15, -0.1) is 0 Å². The zero-order valence-corrected chi connectivity index (χ0v) is 10.2. The molecule has 88 valence electrons. The van der Waals surface area contributed by atoms with Crippen LogP contribution in [0.15, 0.2) is 36.5 Å². The molecule has 0 N–H and O–H groups in total. The average molecular weight is 229 g/mol. The maximum atomic E-state index is 11.9. The summed E-state index contributed by atoms with van der Waals surface area (Å²) < 4.78 is 5.31. The quantitative estimate of drug-likeness (QED) is 0.705. The van der Waals surface area contributed by atoms with Crippen molar-refractivity contribution in [2.24, 2.45) is 0 Å². The molecule has 17 heavy (non-hydrogen) atoms. The molecule has 0 bridgehead atoms. The molecule has 0 saturated carbocycles. The Labute approximate surface area is 101 Å². The van der Waals surface area contributed by atoms with E-state index >= 15 is 0 Å². The molecule has 0 atom stereocenters. The molecule has 0 aromatic carbocycles. The highest BCUT2D eigenvalue weighted by Crippen LogP contribution is 2.19. The van der Waals surface area contributed by atoms with E-state index in [1.807, 2.05) is 39.0 Å². The number of carbonyl (C=O) groups excluding carboxylic acids is 1. The molecule has 3 heteroatoms. The highest BCUT2D eigenvalue weighted by Gasteiger charge is 2.17. The number of nitrogens with zero attached hydrogens (tertiary/aromatic N) is 1. The van der Waals surface area contributed by atoms with Gasteiger partial charge >= 0.3 is 5.97 Å². The van der Waals surface area contributed by atoms with Crippen LogP contribution in [-0.2, 0) is 4.74 Å². The molecule has 0 aromatic heterocycles. The van der Waals surface area contributed by atoms with Gasteiger partial charge < -0.3 is 4.74 Å². The molecule has 0 radical (unpaired) electrons. The summed E-state index contributed by atoms with van der Waals surface area (Å²) in [4.78, 5) is 16.0. The minimum Gasteiger partial charge on any atom is -0.456 e. The summed E-state index contributed by atoms with van der Waals surface area (Å²) in [6, 6.07) is 9.12. The minimum atomic E-state index is -0.474. The van der Waals surface area contributed by atoms with Crippen molar-refractivity contribution in [3.05, 3.63) is 42.1 Å². The normalized spacial score (nSPS) is 11.5. The number of ether oxygens (including phenoxy) is 1. The Hall–Kier alpha value is -1.90. The fourth-order valence-corrected chi connectivity index (χ4v) is 1.51. The molecule has 0 amide bonds. The number of esters is 1. The van der Waals surface area contributed by atoms with E-state index in [9.17, 15) is 4.79 Å². The second-order valence-corrected chi connectivity index (χ2v) is 4.91. The molecular weight excluding hydrogens is 214 g/mol. The van der Waals surface area contributed by atoms with Crippen molar-refractivity contribution < 1.29 is 9.53 Å². The number of hydrogen-bond acceptors (Lipinski definition) is 3. The third kappa shape index (κ3) is 2.81. The van der Waals surface area contributed by atoms with Gasteiger partial charge in [0.1, 0.15) is 5.60 Å². The zero-order chi connectivity index (χ0) is 12.5. The molecule has 0 unspecified atom stereocenters. The van der Waals surface area contributed by atoms with Gasteiger partial charge in [-0.25, -0.2) is 4.79 Å². The number of hydrogen-bond donors (Lipinski definition) is 0. The number of carbonyl (C=O) groups is 1. The van der Waals surface area contributed by atoms with Crippen LogP contribution in [0, 0.1) is 0 Å². The van der Waals surface area contributed by atoms with Gasteiger partial charge in [0.2, 0.25) is 0 Å². The summed E-state index contributed by atoms with van der Waals surface area (Å²) in [6.45, 7) is 5.56. The van der Waals surface area contributed by atoms with E-state index in [0.29, 0.717) is 5.56 Å². The molecule has 0 saturated heterocycles. The van der Waals surface area contributed by atoms with Crippen molar-refractivity contribution in [2.75, 3.05) is 0 Å². The Bertz CT molecular complexity index is 483. The summed E-state index contributed by atoms with van der Waals surface area (Å²) in [6.07, 6.45) is 1.75. The summed E-state index contributed by atoms with van der Waals surface area (Å²) in [5.41, 5.74) is 1.95. The van der Waals surface area contributed by atoms with Crippen LogP contribution >= 0.6 is 0 Å². The summed E-state index contributed by atoms with van der Waals surface area (Å²) in [5.74, 6) is -0.310. The standard InChI is InChI=1S/C14H15NO2/c1-14(2,3)17-13(16)11-5-4-10-8-9-15-12(10)7-6-11/h4-9H,1-3H3. The molecule has 0 spiro atoms. The summed E-state index contributed by atoms with van der Waals surface area (Å²) >= 11 is 0. The van der Waals surface area contributed by atoms with Crippen LogP contribution < -0.4 is 0 Å². The van der Waals surface area contributed by atoms with Crippen molar-refractivity contribution in [3.63, 3.8) is 0 Å². The van der Waals surface area contributed by atoms with Crippen molar-refractivity contribution in [1.82, 2.24) is 4.98 Å². The van der Waals surface area contributed by atoms with Gasteiger partial charge in [0.15, 0.2) is 0 Å². The van der Waals surface area contributed by atoms with Crippen molar-refractivity contribution >= 4 is 5.97 Å². The van der Waals surface area contributed by atoms with E-state index in [1.54, 1.807) is 18.3 Å². The minimum absolute atomic E-state index is 0.310. The largest absolute Gasteiger partial charge is 0.456 e. The Morgan fingerprint density at radius 1 is 1.12 bits per heavy atom. The highest BCUT2D eigenvalue weighted by molar-refractivity contribution is 5.90. The van der Waals surface area contributed by atoms with Crippen LogP contribution in [0.4, 0.5) is 0 Å². The van der Waals surface area contributed by atoms with Gasteiger partial charge in [0.25, 0.3) is 0 Å². The van der Waals surface area contributed by atoms with Gasteiger partial charge in [0.05, 0.1) is 11.3 Å². The van der Waals surface area contributed by atoms with Crippen molar-refractivity contribution in [3.8, 4) is 11.3 Å². The van der Waals surface area contributed by atoms with Crippen LogP contribution in [0.25, 0.3) is 11.3 Å². The Morgan fingerprint density at radius 3 is 2.53 bits per heavy atom. The molecule has 1 aliphatic carbocycles. The van der Waals surface area contributed by atoms with E-state index in [0.717, 1.165) is 11.3 Å². The predicted octanol–water partition coefficient (Wildman–Crippen LogP) is 3.14. The summed E-state index contributed by atoms with van der Waals surface area (Å²) in [5, 5.41) is 0. The van der Waals surface area contributed by atoms with Crippen molar-refractivity contribution in [2.45, 2.75) is 26.4 Å². The van der Waals surface area contributed by atoms with Gasteiger partial charge in [0, 0.05) is 11.8 Å². The maximum Gasteiger partial charge on any atom is 0.338 e. The van der Waals surface area contributed by atoms with Crippen LogP contribution in [0.5, 0.6) is 0 Å². The van der Waals surface area contributed by atoms with Crippen LogP contribution in [0.3, 0.4) is 0 Å². The molecule has 3 nitrogen and oxygen atoms in total. The highest BCUT2D eigenvalue weighted by atomic mass is 16.6. The number of fused-ring (bicyclic) bond motifs is 1. The molecule has 2 aliphatic rings. The smallest absolute Gasteiger partial charge is 0.338 e. The van der Waals surface area contributed by atoms with E-state index in [2.05, 4.69) is 4.98 Å². The first-order valence-electron chi connectivity index (χ1n) is 5.54. The first-order chi connectivity index (χ1) is 7.96. The Morgan fingerprint density at radius 2 is 1.82 bits per heavy atom. The van der Waals surface area contributed by atoms with Crippen LogP contribution in [0.1, 0.15) is 31.1 Å². The van der Waals surface area contributed by atoms with Gasteiger partial charge in [-0.2, -0.15) is 0 Å². The lowest BCUT2D eigenvalue weighted by Gasteiger charge is -2.19. The third-order valence-corrected chi connectivity index (χ3v) is 2.26. The summed E-state index contributed by atoms with van der Waals surface area (Å²) in [7, 11) is 0. The van der Waals surface area contributed by atoms with Gasteiger partial charge in [-0.3, -0.25) is 4.98 Å². The van der Waals surface area contributed by atoms with E-state index < -0.39 is 5.60 Å². The first-order valence-corrected chi connectivity index (χ1v) is 5.54. The van der Waals surface area contributed by atoms with E-state index in [4.69, 9.17) is 4.74 Å². The van der Waals surface area contributed by atoms with Crippen LogP contribution in [-0.4, -0.2) is 16.6 Å². The lowest BCUT2D eigenvalue weighted by molar-refractivity contribution is 0.00697. The third-order valence-electron chi connectivity index (χ3n) is 2.26. The number of rotatable bonds is 1. The Balaban J connectivity index is 2.30. The predicted molar refractivity (Wildman–Crippen MR) is 66.0 cm³/mol. The van der Waals surface area contributed by atoms with Gasteiger partial charge in [-0.1, -0.05) is 6.07 Å². The van der Waals surface area contributed by atoms with E-state index in [-0.39, 0.29) is 5.97 Å². The molecule has 0 aromatic rings. The molecular formula is C14H15NO2. The molecule has 1 heterocycles. The second kappa shape index (κ2) is 4.17. The van der Waals surface area contributed by atoms with Crippen molar-refractivity contribution in [1.29, 1.82) is 0 Å². The fourth-order valence-electron chi connectivity index (χ4n) is 1.51. The molecule has 1 aliphatic heterocycles. The monoisotopic (exact) mass is 229 g/mol. The first kappa shape index (κ1) is 11.6. The SMILES string of the molecule is CC(C)(C)OC(=O)c1ccc2ccnc-2cc1. The average Bonchev–Trinajstić information content (AvgIpc) is 2.54. The maximum absolute atomic E-state index is 11.9. The van der Waals surface area contributed by atoms with E-state index in [1.165, 1.54) is 0 Å². The lowest BCUT2D eigenvalue weighted by Crippen LogP contribution is -2.23. The second-order valence-electron chi connectivity index (χ2n) is 4.91. The molecule has 0 fully saturated rings. The lowest BCUT2D eigenvalue weighted by atomic mass is 10.2. The topological polar surface area (TPSA) is 39.2 Å². The van der Waals surface area contributed by atoms with Crippen LogP contribution in [0.2, 0.25) is 0 Å².